The summed E-state index contributed by atoms with van der Waals surface area (Å²) < 4.78 is 97.4. The molecule has 1 heterocycles. The maximum atomic E-state index is 12.5. The van der Waals surface area contributed by atoms with Crippen molar-refractivity contribution in [3.05, 3.63) is 0 Å². The fourth-order valence-electron chi connectivity index (χ4n) is 2.53. The zero-order valence-corrected chi connectivity index (χ0v) is 15.7. The average Bonchev–Trinajstić information content (AvgIpc) is 2.51. The maximum Gasteiger partial charge on any atom is 0.511 e. The van der Waals surface area contributed by atoms with Crippen LogP contribution in [-0.4, -0.2) is 88.1 Å². The summed E-state index contributed by atoms with van der Waals surface area (Å²) in [6.07, 6.45) is -4.01. The Kier molecular flexibility index (Phi) is 8.16. The Labute approximate surface area is 153 Å². The molecule has 160 valence electrons. The molecule has 14 heteroatoms. The van der Waals surface area contributed by atoms with Crippen molar-refractivity contribution in [2.45, 2.75) is 30.6 Å². The lowest BCUT2D eigenvalue weighted by molar-refractivity contribution is -0.142. The lowest BCUT2D eigenvalue weighted by Crippen LogP contribution is -2.52. The van der Waals surface area contributed by atoms with Crippen LogP contribution in [0.1, 0.15) is 12.8 Å². The number of nitrogens with zero attached hydrogens (tertiary/aromatic N) is 3. The lowest BCUT2D eigenvalue weighted by Gasteiger charge is -2.32. The highest BCUT2D eigenvalue weighted by molar-refractivity contribution is 7.90. The number of piperidine rings is 1. The van der Waals surface area contributed by atoms with Crippen molar-refractivity contribution in [3.8, 4) is 0 Å². The van der Waals surface area contributed by atoms with Crippen LogP contribution in [0.3, 0.4) is 0 Å². The molecule has 0 saturated carbocycles. The standard InChI is InChI=1S/C13H23F6N5O2S/c1-20-11(21-5-8-23(2)9-12(14,15)16)22-10-3-6-24(7-4-10)27(25,26)13(17,18)19/h10H,3-9H2,1-2H3,(H2,20,21,22). The fraction of sp³-hybridized carbons (Fsp3) is 0.923. The Morgan fingerprint density at radius 2 is 1.74 bits per heavy atom. The van der Waals surface area contributed by atoms with Gasteiger partial charge in [-0.15, -0.1) is 0 Å². The fourth-order valence-corrected chi connectivity index (χ4v) is 3.51. The molecule has 0 atom stereocenters. The van der Waals surface area contributed by atoms with E-state index in [9.17, 15) is 34.8 Å². The molecule has 2 N–H and O–H groups in total. The van der Waals surface area contributed by atoms with Crippen molar-refractivity contribution in [1.29, 1.82) is 0 Å². The van der Waals surface area contributed by atoms with E-state index in [-0.39, 0.29) is 51.0 Å². The van der Waals surface area contributed by atoms with Gasteiger partial charge in [0.15, 0.2) is 5.96 Å². The van der Waals surface area contributed by atoms with E-state index in [1.165, 1.54) is 14.1 Å². The summed E-state index contributed by atoms with van der Waals surface area (Å²) in [5.74, 6) is 0.285. The molecule has 0 aromatic carbocycles. The predicted octanol–water partition coefficient (Wildman–Crippen LogP) is 0.960. The van der Waals surface area contributed by atoms with Crippen LogP contribution in [0.15, 0.2) is 4.99 Å². The second kappa shape index (κ2) is 9.28. The molecule has 1 rings (SSSR count). The van der Waals surface area contributed by atoms with Gasteiger partial charge in [-0.3, -0.25) is 9.89 Å². The second-order valence-electron chi connectivity index (χ2n) is 6.12. The van der Waals surface area contributed by atoms with E-state index in [0.717, 1.165) is 4.90 Å². The van der Waals surface area contributed by atoms with E-state index >= 15 is 0 Å². The van der Waals surface area contributed by atoms with Crippen LogP contribution in [0, 0.1) is 0 Å². The van der Waals surface area contributed by atoms with Gasteiger partial charge >= 0.3 is 21.7 Å². The summed E-state index contributed by atoms with van der Waals surface area (Å²) in [6, 6.07) is -0.302. The van der Waals surface area contributed by atoms with Gasteiger partial charge in [0, 0.05) is 39.3 Å². The molecule has 1 saturated heterocycles. The van der Waals surface area contributed by atoms with Crippen LogP contribution < -0.4 is 10.6 Å². The lowest BCUT2D eigenvalue weighted by atomic mass is 10.1. The maximum absolute atomic E-state index is 12.5. The number of guanidine groups is 1. The molecule has 7 nitrogen and oxygen atoms in total. The van der Waals surface area contributed by atoms with Crippen molar-refractivity contribution >= 4 is 16.0 Å². The molecular formula is C13H23F6N5O2S. The molecule has 0 aromatic rings. The van der Waals surface area contributed by atoms with Crippen LogP contribution in [0.5, 0.6) is 0 Å². The van der Waals surface area contributed by atoms with E-state index in [1.54, 1.807) is 0 Å². The van der Waals surface area contributed by atoms with Crippen molar-refractivity contribution in [1.82, 2.24) is 19.8 Å². The van der Waals surface area contributed by atoms with Crippen molar-refractivity contribution in [3.63, 3.8) is 0 Å². The summed E-state index contributed by atoms with van der Waals surface area (Å²) in [5.41, 5.74) is -5.33. The van der Waals surface area contributed by atoms with Crippen LogP contribution in [0.25, 0.3) is 0 Å². The van der Waals surface area contributed by atoms with Gasteiger partial charge in [-0.2, -0.15) is 30.6 Å². The zero-order valence-electron chi connectivity index (χ0n) is 14.9. The molecule has 0 unspecified atom stereocenters. The number of sulfonamides is 1. The second-order valence-corrected chi connectivity index (χ2v) is 8.05. The molecule has 0 aliphatic carbocycles. The summed E-state index contributed by atoms with van der Waals surface area (Å²) in [7, 11) is -2.57. The minimum atomic E-state index is -5.33. The first-order chi connectivity index (χ1) is 12.3. The normalized spacial score (nSPS) is 18.8. The first-order valence-electron chi connectivity index (χ1n) is 8.05. The first kappa shape index (κ1) is 23.8. The number of likely N-dealkylation sites (N-methyl/N-ethyl adjacent to an activating group) is 1. The smallest absolute Gasteiger partial charge is 0.355 e. The topological polar surface area (TPSA) is 77.0 Å². The van der Waals surface area contributed by atoms with E-state index in [4.69, 9.17) is 0 Å². The largest absolute Gasteiger partial charge is 0.511 e. The number of rotatable bonds is 6. The van der Waals surface area contributed by atoms with Gasteiger partial charge in [0.1, 0.15) is 0 Å². The molecule has 0 amide bonds. The highest BCUT2D eigenvalue weighted by atomic mass is 32.2. The Hall–Kier alpha value is -1.28. The summed E-state index contributed by atoms with van der Waals surface area (Å²) in [4.78, 5) is 4.99. The van der Waals surface area contributed by atoms with Crippen LogP contribution in [0.2, 0.25) is 0 Å². The number of alkyl halides is 6. The van der Waals surface area contributed by atoms with Crippen LogP contribution in [-0.2, 0) is 10.0 Å². The third kappa shape index (κ3) is 7.70. The minimum absolute atomic E-state index is 0.0997. The van der Waals surface area contributed by atoms with Gasteiger partial charge in [0.25, 0.3) is 0 Å². The van der Waals surface area contributed by atoms with E-state index in [1.807, 2.05) is 0 Å². The van der Waals surface area contributed by atoms with E-state index in [2.05, 4.69) is 15.6 Å². The number of hydrogen-bond acceptors (Lipinski definition) is 4. The summed E-state index contributed by atoms with van der Waals surface area (Å²) >= 11 is 0. The van der Waals surface area contributed by atoms with Crippen LogP contribution >= 0.6 is 0 Å². The molecule has 27 heavy (non-hydrogen) atoms. The van der Waals surface area contributed by atoms with Gasteiger partial charge < -0.3 is 10.6 Å². The average molecular weight is 427 g/mol. The molecular weight excluding hydrogens is 404 g/mol. The highest BCUT2D eigenvalue weighted by Crippen LogP contribution is 2.28. The van der Waals surface area contributed by atoms with Crippen molar-refractivity contribution in [2.24, 2.45) is 4.99 Å². The van der Waals surface area contributed by atoms with Crippen molar-refractivity contribution in [2.75, 3.05) is 46.8 Å². The molecule has 0 spiro atoms. The SMILES string of the molecule is CN=C(NCCN(C)CC(F)(F)F)NC1CCN(S(=O)(=O)C(F)(F)F)CC1. The number of halogens is 6. The number of hydrogen-bond donors (Lipinski definition) is 2. The van der Waals surface area contributed by atoms with Gasteiger partial charge in [0.05, 0.1) is 6.54 Å². The van der Waals surface area contributed by atoms with Gasteiger partial charge in [0.2, 0.25) is 0 Å². The Balaban J connectivity index is 2.42. The van der Waals surface area contributed by atoms with Gasteiger partial charge in [-0.05, 0) is 19.9 Å². The van der Waals surface area contributed by atoms with Crippen LogP contribution in [0.4, 0.5) is 26.3 Å². The first-order valence-corrected chi connectivity index (χ1v) is 9.49. The number of nitrogens with one attached hydrogen (secondary N) is 2. The Bertz CT molecular complexity index is 599. The molecule has 0 radical (unpaired) electrons. The Morgan fingerprint density at radius 1 is 1.19 bits per heavy atom. The zero-order chi connectivity index (χ0) is 20.9. The van der Waals surface area contributed by atoms with Gasteiger partial charge in [-0.1, -0.05) is 0 Å². The molecule has 1 aliphatic heterocycles. The molecule has 1 fully saturated rings. The van der Waals surface area contributed by atoms with E-state index in [0.29, 0.717) is 4.31 Å². The molecule has 0 aromatic heterocycles. The quantitative estimate of drug-likeness (QED) is 0.375. The van der Waals surface area contributed by atoms with E-state index < -0.39 is 28.3 Å². The highest BCUT2D eigenvalue weighted by Gasteiger charge is 2.50. The predicted molar refractivity (Wildman–Crippen MR) is 87.6 cm³/mol. The third-order valence-corrected chi connectivity index (χ3v) is 5.52. The minimum Gasteiger partial charge on any atom is -0.355 e. The van der Waals surface area contributed by atoms with Gasteiger partial charge in [-0.25, -0.2) is 8.42 Å². The van der Waals surface area contributed by atoms with Crippen molar-refractivity contribution < 1.29 is 34.8 Å². The number of aliphatic imine (C=N–C) groups is 1. The third-order valence-electron chi connectivity index (χ3n) is 3.89. The molecule has 0 bridgehead atoms. The summed E-state index contributed by atoms with van der Waals surface area (Å²) in [6.45, 7) is -1.35. The molecule has 1 aliphatic rings. The monoisotopic (exact) mass is 427 g/mol. The summed E-state index contributed by atoms with van der Waals surface area (Å²) in [5, 5.41) is 5.75. The Morgan fingerprint density at radius 3 is 2.19 bits per heavy atom.